The quantitative estimate of drug-likeness (QED) is 0.762. The standard InChI is InChI=1S/C23H29N3O4/c1-15(2)22(27)26-19-7-8-20(26)11-17(10-19)9-16-3-5-18(6-4-16)25-23(28)29-13-21-12-24-14-30-21/h3-6,12,14-15,17,19-20H,7-11,13H2,1-2H3,(H,25,28). The van der Waals surface area contributed by atoms with Crippen LogP contribution in [0.15, 0.2) is 41.3 Å². The van der Waals surface area contributed by atoms with Gasteiger partial charge in [0.15, 0.2) is 18.8 Å². The van der Waals surface area contributed by atoms with Gasteiger partial charge in [-0.1, -0.05) is 26.0 Å². The summed E-state index contributed by atoms with van der Waals surface area (Å²) in [6.07, 6.45) is 7.73. The summed E-state index contributed by atoms with van der Waals surface area (Å²) in [5.41, 5.74) is 1.95. The maximum absolute atomic E-state index is 12.5. The number of aromatic nitrogens is 1. The summed E-state index contributed by atoms with van der Waals surface area (Å²) in [6.45, 7) is 4.03. The number of hydrogen-bond donors (Lipinski definition) is 1. The molecule has 4 rings (SSSR count). The van der Waals surface area contributed by atoms with Gasteiger partial charge < -0.3 is 14.1 Å². The number of rotatable bonds is 6. The van der Waals surface area contributed by atoms with Crippen molar-refractivity contribution in [1.82, 2.24) is 9.88 Å². The molecular weight excluding hydrogens is 382 g/mol. The Kier molecular flexibility index (Phi) is 6.06. The van der Waals surface area contributed by atoms with Crippen molar-refractivity contribution in [2.45, 2.75) is 64.6 Å². The van der Waals surface area contributed by atoms with Crippen LogP contribution in [0.25, 0.3) is 0 Å². The zero-order valence-corrected chi connectivity index (χ0v) is 17.5. The Morgan fingerprint density at radius 2 is 1.90 bits per heavy atom. The number of carbonyl (C=O) groups is 2. The first kappa shape index (κ1) is 20.4. The van der Waals surface area contributed by atoms with Gasteiger partial charge in [0.2, 0.25) is 5.91 Å². The summed E-state index contributed by atoms with van der Waals surface area (Å²) < 4.78 is 10.1. The van der Waals surface area contributed by atoms with Gasteiger partial charge in [0.25, 0.3) is 0 Å². The third-order valence-electron chi connectivity index (χ3n) is 6.13. The number of nitrogens with zero attached hydrogens (tertiary/aromatic N) is 2. The van der Waals surface area contributed by atoms with E-state index in [1.807, 2.05) is 26.0 Å². The summed E-state index contributed by atoms with van der Waals surface area (Å²) in [7, 11) is 0. The van der Waals surface area contributed by atoms with Crippen LogP contribution in [0, 0.1) is 11.8 Å². The van der Waals surface area contributed by atoms with Crippen LogP contribution in [0.1, 0.15) is 50.9 Å². The average molecular weight is 412 g/mol. The molecule has 2 aromatic rings. The minimum Gasteiger partial charge on any atom is -0.445 e. The topological polar surface area (TPSA) is 84.7 Å². The molecule has 0 radical (unpaired) electrons. The third kappa shape index (κ3) is 4.66. The molecule has 160 valence electrons. The van der Waals surface area contributed by atoms with Crippen molar-refractivity contribution < 1.29 is 18.7 Å². The Morgan fingerprint density at radius 1 is 1.20 bits per heavy atom. The molecule has 30 heavy (non-hydrogen) atoms. The van der Waals surface area contributed by atoms with E-state index in [-0.39, 0.29) is 12.5 Å². The van der Waals surface area contributed by atoms with Gasteiger partial charge in [-0.25, -0.2) is 9.78 Å². The number of fused-ring (bicyclic) bond motifs is 2. The van der Waals surface area contributed by atoms with Gasteiger partial charge in [0.05, 0.1) is 6.20 Å². The number of ether oxygens (including phenoxy) is 1. The normalized spacial score (nSPS) is 22.9. The molecule has 2 atom stereocenters. The van der Waals surface area contributed by atoms with Gasteiger partial charge in [-0.05, 0) is 55.7 Å². The predicted octanol–water partition coefficient (Wildman–Crippen LogP) is 4.39. The summed E-state index contributed by atoms with van der Waals surface area (Å²) in [5.74, 6) is 1.48. The van der Waals surface area contributed by atoms with E-state index in [1.165, 1.54) is 18.2 Å². The first-order chi connectivity index (χ1) is 14.5. The van der Waals surface area contributed by atoms with Crippen molar-refractivity contribution >= 4 is 17.7 Å². The van der Waals surface area contributed by atoms with Gasteiger partial charge in [-0.3, -0.25) is 10.1 Å². The number of benzene rings is 1. The molecule has 1 N–H and O–H groups in total. The maximum atomic E-state index is 12.5. The molecule has 2 amide bonds. The first-order valence-electron chi connectivity index (χ1n) is 10.7. The van der Waals surface area contributed by atoms with Crippen LogP contribution in [0.4, 0.5) is 10.5 Å². The van der Waals surface area contributed by atoms with Crippen LogP contribution in [0.5, 0.6) is 0 Å². The van der Waals surface area contributed by atoms with Crippen LogP contribution in [0.3, 0.4) is 0 Å². The molecule has 7 nitrogen and oxygen atoms in total. The summed E-state index contributed by atoms with van der Waals surface area (Å²) in [5, 5.41) is 2.72. The van der Waals surface area contributed by atoms with Crippen molar-refractivity contribution in [2.24, 2.45) is 11.8 Å². The van der Waals surface area contributed by atoms with E-state index in [4.69, 9.17) is 9.15 Å². The van der Waals surface area contributed by atoms with Gasteiger partial charge in [-0.2, -0.15) is 0 Å². The van der Waals surface area contributed by atoms with Crippen LogP contribution in [-0.4, -0.2) is 34.0 Å². The SMILES string of the molecule is CC(C)C(=O)N1C2CCC1CC(Cc1ccc(NC(=O)OCc3cnco3)cc1)C2. The van der Waals surface area contributed by atoms with Crippen molar-refractivity contribution in [3.8, 4) is 0 Å². The molecule has 2 aliphatic heterocycles. The molecular formula is C23H29N3O4. The molecule has 7 heteroatoms. The molecule has 0 saturated carbocycles. The minimum absolute atomic E-state index is 0.0459. The van der Waals surface area contributed by atoms with E-state index in [1.54, 1.807) is 0 Å². The van der Waals surface area contributed by atoms with Crippen molar-refractivity contribution in [1.29, 1.82) is 0 Å². The van der Waals surface area contributed by atoms with Gasteiger partial charge in [-0.15, -0.1) is 0 Å². The summed E-state index contributed by atoms with van der Waals surface area (Å²) in [4.78, 5) is 30.4. The number of oxazole rings is 1. The number of anilines is 1. The zero-order chi connectivity index (χ0) is 21.1. The highest BCUT2D eigenvalue weighted by Gasteiger charge is 2.43. The monoisotopic (exact) mass is 411 g/mol. The predicted molar refractivity (Wildman–Crippen MR) is 112 cm³/mol. The molecule has 2 fully saturated rings. The second-order valence-corrected chi connectivity index (χ2v) is 8.69. The van der Waals surface area contributed by atoms with E-state index in [0.29, 0.717) is 35.4 Å². The van der Waals surface area contributed by atoms with Crippen LogP contribution >= 0.6 is 0 Å². The van der Waals surface area contributed by atoms with E-state index in [2.05, 4.69) is 27.3 Å². The van der Waals surface area contributed by atoms with Gasteiger partial charge >= 0.3 is 6.09 Å². The summed E-state index contributed by atoms with van der Waals surface area (Å²) in [6, 6.07) is 8.72. The highest BCUT2D eigenvalue weighted by molar-refractivity contribution is 5.84. The lowest BCUT2D eigenvalue weighted by Gasteiger charge is -2.40. The lowest BCUT2D eigenvalue weighted by atomic mass is 9.85. The summed E-state index contributed by atoms with van der Waals surface area (Å²) >= 11 is 0. The van der Waals surface area contributed by atoms with Crippen molar-refractivity contribution in [3.63, 3.8) is 0 Å². The molecule has 0 spiro atoms. The Balaban J connectivity index is 1.27. The largest absolute Gasteiger partial charge is 0.445 e. The lowest BCUT2D eigenvalue weighted by molar-refractivity contribution is -0.139. The second-order valence-electron chi connectivity index (χ2n) is 8.69. The first-order valence-corrected chi connectivity index (χ1v) is 10.7. The maximum Gasteiger partial charge on any atom is 0.412 e. The number of amides is 2. The van der Waals surface area contributed by atoms with E-state index in [9.17, 15) is 9.59 Å². The molecule has 1 aromatic carbocycles. The molecule has 2 bridgehead atoms. The zero-order valence-electron chi connectivity index (χ0n) is 17.5. The van der Waals surface area contributed by atoms with Crippen LogP contribution in [0.2, 0.25) is 0 Å². The van der Waals surface area contributed by atoms with Crippen LogP contribution in [-0.2, 0) is 22.6 Å². The van der Waals surface area contributed by atoms with Crippen molar-refractivity contribution in [3.05, 3.63) is 48.2 Å². The number of piperidine rings is 1. The lowest BCUT2D eigenvalue weighted by Crippen LogP contribution is -2.48. The van der Waals surface area contributed by atoms with Crippen molar-refractivity contribution in [2.75, 3.05) is 5.32 Å². The van der Waals surface area contributed by atoms with Gasteiger partial charge in [0.1, 0.15) is 0 Å². The Morgan fingerprint density at radius 3 is 2.50 bits per heavy atom. The number of hydrogen-bond acceptors (Lipinski definition) is 5. The van der Waals surface area contributed by atoms with E-state index in [0.717, 1.165) is 32.1 Å². The fourth-order valence-corrected chi connectivity index (χ4v) is 4.78. The molecule has 2 saturated heterocycles. The number of carbonyl (C=O) groups excluding carboxylic acids is 2. The fraction of sp³-hybridized carbons (Fsp3) is 0.522. The average Bonchev–Trinajstić information content (AvgIpc) is 3.33. The highest BCUT2D eigenvalue weighted by Crippen LogP contribution is 2.40. The molecule has 2 unspecified atom stereocenters. The minimum atomic E-state index is -0.530. The fourth-order valence-electron chi connectivity index (χ4n) is 4.78. The van der Waals surface area contributed by atoms with E-state index >= 15 is 0 Å². The Hall–Kier alpha value is -2.83. The Labute approximate surface area is 176 Å². The smallest absolute Gasteiger partial charge is 0.412 e. The second kappa shape index (κ2) is 8.90. The Bertz CT molecular complexity index is 849. The molecule has 1 aromatic heterocycles. The van der Waals surface area contributed by atoms with Gasteiger partial charge in [0, 0.05) is 23.7 Å². The molecule has 0 aliphatic carbocycles. The van der Waals surface area contributed by atoms with E-state index < -0.39 is 6.09 Å². The third-order valence-corrected chi connectivity index (χ3v) is 6.13. The molecule has 3 heterocycles. The van der Waals surface area contributed by atoms with Crippen LogP contribution < -0.4 is 5.32 Å². The number of nitrogens with one attached hydrogen (secondary N) is 1. The molecule has 2 aliphatic rings. The highest BCUT2D eigenvalue weighted by atomic mass is 16.6.